The van der Waals surface area contributed by atoms with Crippen LogP contribution < -0.4 is 5.32 Å². The van der Waals surface area contributed by atoms with Gasteiger partial charge in [-0.15, -0.1) is 0 Å². The van der Waals surface area contributed by atoms with Gasteiger partial charge in [-0.1, -0.05) is 27.7 Å². The van der Waals surface area contributed by atoms with Crippen LogP contribution >= 0.6 is 0 Å². The zero-order chi connectivity index (χ0) is 14.2. The number of hydrogen-bond acceptors (Lipinski definition) is 2. The van der Waals surface area contributed by atoms with Crippen molar-refractivity contribution in [2.24, 2.45) is 17.3 Å². The highest BCUT2D eigenvalue weighted by molar-refractivity contribution is 4.97. The van der Waals surface area contributed by atoms with E-state index in [2.05, 4.69) is 51.9 Å². The predicted molar refractivity (Wildman–Crippen MR) is 83.4 cm³/mol. The van der Waals surface area contributed by atoms with E-state index in [4.69, 9.17) is 0 Å². The number of hydrogen-bond donors (Lipinski definition) is 1. The maximum Gasteiger partial charge on any atom is 0.0254 e. The standard InChI is InChI=1S/C17H34N2/c1-12-9-13(2)19(11-12)16-10-14(17(3,4)5)7-8-15(16)18-6/h12-16,18H,7-11H2,1-6H3. The van der Waals surface area contributed by atoms with E-state index in [0.717, 1.165) is 23.9 Å². The van der Waals surface area contributed by atoms with E-state index in [1.54, 1.807) is 0 Å². The summed E-state index contributed by atoms with van der Waals surface area (Å²) in [5.41, 5.74) is 0.464. The molecule has 112 valence electrons. The summed E-state index contributed by atoms with van der Waals surface area (Å²) in [5, 5.41) is 3.60. The molecule has 2 aliphatic rings. The van der Waals surface area contributed by atoms with Gasteiger partial charge in [0.2, 0.25) is 0 Å². The number of nitrogens with zero attached hydrogens (tertiary/aromatic N) is 1. The van der Waals surface area contributed by atoms with Gasteiger partial charge in [0.15, 0.2) is 0 Å². The molecule has 5 unspecified atom stereocenters. The van der Waals surface area contributed by atoms with Gasteiger partial charge in [-0.05, 0) is 56.9 Å². The summed E-state index contributed by atoms with van der Waals surface area (Å²) in [7, 11) is 2.15. The van der Waals surface area contributed by atoms with Crippen LogP contribution in [0, 0.1) is 17.3 Å². The van der Waals surface area contributed by atoms with Gasteiger partial charge in [0.05, 0.1) is 0 Å². The zero-order valence-electron chi connectivity index (χ0n) is 13.9. The fraction of sp³-hybridized carbons (Fsp3) is 1.00. The summed E-state index contributed by atoms with van der Waals surface area (Å²) < 4.78 is 0. The van der Waals surface area contributed by atoms with Gasteiger partial charge in [0.1, 0.15) is 0 Å². The number of rotatable bonds is 2. The Bertz CT molecular complexity index is 294. The minimum atomic E-state index is 0.464. The average molecular weight is 266 g/mol. The second-order valence-electron chi connectivity index (χ2n) is 8.23. The molecular formula is C17H34N2. The monoisotopic (exact) mass is 266 g/mol. The lowest BCUT2D eigenvalue weighted by atomic mass is 9.69. The van der Waals surface area contributed by atoms with E-state index in [9.17, 15) is 0 Å². The van der Waals surface area contributed by atoms with E-state index < -0.39 is 0 Å². The molecule has 0 aromatic rings. The molecule has 0 aromatic heterocycles. The van der Waals surface area contributed by atoms with E-state index in [1.807, 2.05) is 0 Å². The second kappa shape index (κ2) is 5.73. The van der Waals surface area contributed by atoms with Crippen molar-refractivity contribution in [2.75, 3.05) is 13.6 Å². The quantitative estimate of drug-likeness (QED) is 0.822. The van der Waals surface area contributed by atoms with Crippen molar-refractivity contribution < 1.29 is 0 Å². The molecule has 1 saturated carbocycles. The van der Waals surface area contributed by atoms with Crippen LogP contribution in [0.1, 0.15) is 60.3 Å². The van der Waals surface area contributed by atoms with Crippen LogP contribution in [-0.2, 0) is 0 Å². The Morgan fingerprint density at radius 3 is 2.21 bits per heavy atom. The fourth-order valence-electron chi connectivity index (χ4n) is 4.43. The maximum absolute atomic E-state index is 3.60. The van der Waals surface area contributed by atoms with Crippen LogP contribution in [-0.4, -0.2) is 36.6 Å². The summed E-state index contributed by atoms with van der Waals surface area (Å²) >= 11 is 0. The van der Waals surface area contributed by atoms with Gasteiger partial charge in [0.25, 0.3) is 0 Å². The van der Waals surface area contributed by atoms with Crippen molar-refractivity contribution in [1.29, 1.82) is 0 Å². The van der Waals surface area contributed by atoms with Crippen molar-refractivity contribution in [3.63, 3.8) is 0 Å². The molecule has 0 bridgehead atoms. The first-order valence-electron chi connectivity index (χ1n) is 8.26. The second-order valence-corrected chi connectivity index (χ2v) is 8.23. The topological polar surface area (TPSA) is 15.3 Å². The lowest BCUT2D eigenvalue weighted by molar-refractivity contribution is 0.0555. The molecule has 19 heavy (non-hydrogen) atoms. The van der Waals surface area contributed by atoms with Crippen molar-refractivity contribution in [2.45, 2.75) is 78.4 Å². The van der Waals surface area contributed by atoms with Gasteiger partial charge in [-0.25, -0.2) is 0 Å². The van der Waals surface area contributed by atoms with Crippen LogP contribution in [0.4, 0.5) is 0 Å². The molecule has 1 aliphatic heterocycles. The lowest BCUT2D eigenvalue weighted by Crippen LogP contribution is -2.54. The fourth-order valence-corrected chi connectivity index (χ4v) is 4.43. The van der Waals surface area contributed by atoms with Crippen LogP contribution in [0.2, 0.25) is 0 Å². The van der Waals surface area contributed by atoms with Crippen molar-refractivity contribution in [3.8, 4) is 0 Å². The van der Waals surface area contributed by atoms with Gasteiger partial charge in [-0.3, -0.25) is 4.90 Å². The van der Waals surface area contributed by atoms with Crippen molar-refractivity contribution in [3.05, 3.63) is 0 Å². The Labute approximate surface area is 120 Å². The molecule has 0 radical (unpaired) electrons. The molecule has 1 aliphatic carbocycles. The number of likely N-dealkylation sites (tertiary alicyclic amines) is 1. The van der Waals surface area contributed by atoms with Crippen LogP contribution in [0.25, 0.3) is 0 Å². The van der Waals surface area contributed by atoms with Gasteiger partial charge >= 0.3 is 0 Å². The summed E-state index contributed by atoms with van der Waals surface area (Å²) in [6.45, 7) is 13.4. The Morgan fingerprint density at radius 2 is 1.74 bits per heavy atom. The van der Waals surface area contributed by atoms with E-state index in [1.165, 1.54) is 32.2 Å². The van der Waals surface area contributed by atoms with E-state index in [0.29, 0.717) is 11.5 Å². The lowest BCUT2D eigenvalue weighted by Gasteiger charge is -2.46. The summed E-state index contributed by atoms with van der Waals surface area (Å²) in [4.78, 5) is 2.81. The summed E-state index contributed by atoms with van der Waals surface area (Å²) in [6, 6.07) is 2.23. The van der Waals surface area contributed by atoms with Crippen LogP contribution in [0.15, 0.2) is 0 Å². The molecule has 1 heterocycles. The van der Waals surface area contributed by atoms with Gasteiger partial charge in [0, 0.05) is 24.7 Å². The van der Waals surface area contributed by atoms with Crippen LogP contribution in [0.5, 0.6) is 0 Å². The summed E-state index contributed by atoms with van der Waals surface area (Å²) in [6.07, 6.45) is 5.50. The molecule has 0 amide bonds. The molecule has 2 heteroatoms. The van der Waals surface area contributed by atoms with Crippen LogP contribution in [0.3, 0.4) is 0 Å². The highest BCUT2D eigenvalue weighted by atomic mass is 15.2. The first-order valence-corrected chi connectivity index (χ1v) is 8.26. The molecule has 1 N–H and O–H groups in total. The number of likely N-dealkylation sites (N-methyl/N-ethyl adjacent to an activating group) is 1. The van der Waals surface area contributed by atoms with E-state index in [-0.39, 0.29) is 0 Å². The Morgan fingerprint density at radius 1 is 1.05 bits per heavy atom. The SMILES string of the molecule is CNC1CCC(C(C)(C)C)CC1N1CC(C)CC1C. The normalized spacial score (nSPS) is 41.7. The first kappa shape index (κ1) is 15.3. The molecule has 1 saturated heterocycles. The largest absolute Gasteiger partial charge is 0.315 e. The highest BCUT2D eigenvalue weighted by Crippen LogP contribution is 2.41. The molecular weight excluding hydrogens is 232 g/mol. The zero-order valence-corrected chi connectivity index (χ0v) is 13.9. The van der Waals surface area contributed by atoms with Crippen molar-refractivity contribution in [1.82, 2.24) is 10.2 Å². The first-order chi connectivity index (χ1) is 8.82. The minimum absolute atomic E-state index is 0.464. The third kappa shape index (κ3) is 3.33. The molecule has 2 rings (SSSR count). The molecule has 2 nitrogen and oxygen atoms in total. The van der Waals surface area contributed by atoms with E-state index >= 15 is 0 Å². The van der Waals surface area contributed by atoms with Gasteiger partial charge in [-0.2, -0.15) is 0 Å². The number of nitrogens with one attached hydrogen (secondary N) is 1. The van der Waals surface area contributed by atoms with Crippen molar-refractivity contribution >= 4 is 0 Å². The smallest absolute Gasteiger partial charge is 0.0254 e. The third-order valence-electron chi connectivity index (χ3n) is 5.67. The Hall–Kier alpha value is -0.0800. The van der Waals surface area contributed by atoms with Gasteiger partial charge < -0.3 is 5.32 Å². The molecule has 5 atom stereocenters. The molecule has 0 spiro atoms. The highest BCUT2D eigenvalue weighted by Gasteiger charge is 2.41. The maximum atomic E-state index is 3.60. The molecule has 2 fully saturated rings. The molecule has 0 aromatic carbocycles. The third-order valence-corrected chi connectivity index (χ3v) is 5.67. The minimum Gasteiger partial charge on any atom is -0.315 e. The Balaban J connectivity index is 2.10. The Kier molecular flexibility index (Phi) is 4.62. The predicted octanol–water partition coefficient (Wildman–Crippen LogP) is 3.52. The average Bonchev–Trinajstić information content (AvgIpc) is 2.66. The summed E-state index contributed by atoms with van der Waals surface area (Å²) in [5.74, 6) is 1.76.